The number of nitrogens with one attached hydrogen (secondary N) is 1. The number of piperidine rings is 1. The number of thiazole rings is 1. The van der Waals surface area contributed by atoms with E-state index in [4.69, 9.17) is 4.74 Å². The van der Waals surface area contributed by atoms with E-state index in [1.807, 2.05) is 36.4 Å². The van der Waals surface area contributed by atoms with Crippen LogP contribution in [0.4, 0.5) is 9.93 Å². The van der Waals surface area contributed by atoms with E-state index in [0.717, 1.165) is 46.4 Å². The van der Waals surface area contributed by atoms with Gasteiger partial charge in [0.1, 0.15) is 18.3 Å². The van der Waals surface area contributed by atoms with Gasteiger partial charge in [-0.25, -0.2) is 14.6 Å². The van der Waals surface area contributed by atoms with E-state index in [9.17, 15) is 19.5 Å². The standard InChI is InChI=1S/C25H23N3O5S/c29-22(28-12-6-5-11-21(28)23(30)31)20-14-34-24(26-20)27-25(32)33-13-19-17-9-3-1-7-15(17)16-8-2-4-10-18(16)19/h1-4,7-10,14,19,21H,5-6,11-13H2,(H,30,31)(H,26,27,32). The zero-order valence-electron chi connectivity index (χ0n) is 18.3. The van der Waals surface area contributed by atoms with Gasteiger partial charge < -0.3 is 14.7 Å². The Balaban J connectivity index is 1.23. The van der Waals surface area contributed by atoms with Crippen molar-refractivity contribution in [1.82, 2.24) is 9.88 Å². The molecule has 1 atom stereocenters. The molecule has 5 rings (SSSR count). The number of aromatic nitrogens is 1. The van der Waals surface area contributed by atoms with Gasteiger partial charge in [-0.2, -0.15) is 0 Å². The zero-order valence-corrected chi connectivity index (χ0v) is 19.1. The Morgan fingerprint density at radius 3 is 2.41 bits per heavy atom. The molecule has 0 spiro atoms. The van der Waals surface area contributed by atoms with Crippen LogP contribution >= 0.6 is 11.3 Å². The van der Waals surface area contributed by atoms with Gasteiger partial charge in [0, 0.05) is 17.8 Å². The first-order valence-electron chi connectivity index (χ1n) is 11.1. The summed E-state index contributed by atoms with van der Waals surface area (Å²) in [7, 11) is 0. The number of nitrogens with zero attached hydrogens (tertiary/aromatic N) is 2. The Kier molecular flexibility index (Phi) is 6.02. The molecule has 1 aliphatic carbocycles. The van der Waals surface area contributed by atoms with Crippen molar-refractivity contribution < 1.29 is 24.2 Å². The molecule has 1 aliphatic heterocycles. The minimum atomic E-state index is -1.01. The highest BCUT2D eigenvalue weighted by molar-refractivity contribution is 7.14. The summed E-state index contributed by atoms with van der Waals surface area (Å²) in [5, 5.41) is 13.7. The maximum atomic E-state index is 12.8. The van der Waals surface area contributed by atoms with E-state index in [2.05, 4.69) is 22.4 Å². The van der Waals surface area contributed by atoms with Gasteiger partial charge in [0.2, 0.25) is 0 Å². The van der Waals surface area contributed by atoms with Crippen molar-refractivity contribution in [3.63, 3.8) is 0 Å². The molecular formula is C25H23N3O5S. The number of rotatable bonds is 5. The van der Waals surface area contributed by atoms with E-state index >= 15 is 0 Å². The van der Waals surface area contributed by atoms with Crippen molar-refractivity contribution in [2.45, 2.75) is 31.2 Å². The molecule has 3 aromatic rings. The number of likely N-dealkylation sites (tertiary alicyclic amines) is 1. The number of amides is 2. The first-order valence-corrected chi connectivity index (χ1v) is 12.0. The van der Waals surface area contributed by atoms with Crippen LogP contribution in [0.25, 0.3) is 11.1 Å². The third-order valence-corrected chi connectivity index (χ3v) is 7.08. The van der Waals surface area contributed by atoms with E-state index in [1.165, 1.54) is 10.3 Å². The molecular weight excluding hydrogens is 454 g/mol. The van der Waals surface area contributed by atoms with E-state index in [1.54, 1.807) is 0 Å². The molecule has 0 radical (unpaired) electrons. The zero-order chi connectivity index (χ0) is 23.7. The van der Waals surface area contributed by atoms with Crippen LogP contribution in [0.3, 0.4) is 0 Å². The first-order chi connectivity index (χ1) is 16.5. The lowest BCUT2D eigenvalue weighted by Crippen LogP contribution is -2.48. The highest BCUT2D eigenvalue weighted by Crippen LogP contribution is 2.44. The predicted molar refractivity (Wildman–Crippen MR) is 127 cm³/mol. The second kappa shape index (κ2) is 9.26. The summed E-state index contributed by atoms with van der Waals surface area (Å²) < 4.78 is 5.52. The van der Waals surface area contributed by atoms with Gasteiger partial charge in [0.25, 0.3) is 5.91 Å². The number of carboxylic acid groups (broad SMARTS) is 1. The summed E-state index contributed by atoms with van der Waals surface area (Å²) in [6, 6.07) is 15.3. The highest BCUT2D eigenvalue weighted by atomic mass is 32.1. The summed E-state index contributed by atoms with van der Waals surface area (Å²) in [4.78, 5) is 42.3. The van der Waals surface area contributed by atoms with Gasteiger partial charge >= 0.3 is 12.1 Å². The van der Waals surface area contributed by atoms with Gasteiger partial charge in [-0.1, -0.05) is 48.5 Å². The number of fused-ring (bicyclic) bond motifs is 3. The molecule has 1 aromatic heterocycles. The van der Waals surface area contributed by atoms with Crippen LogP contribution in [0.15, 0.2) is 53.9 Å². The molecule has 2 aliphatic rings. The average molecular weight is 478 g/mol. The van der Waals surface area contributed by atoms with Crippen LogP contribution in [0.5, 0.6) is 0 Å². The number of hydrogen-bond acceptors (Lipinski definition) is 6. The lowest BCUT2D eigenvalue weighted by molar-refractivity contribution is -0.143. The number of anilines is 1. The van der Waals surface area contributed by atoms with Gasteiger partial charge in [-0.3, -0.25) is 10.1 Å². The molecule has 2 heterocycles. The summed E-state index contributed by atoms with van der Waals surface area (Å²) in [6.45, 7) is 0.549. The van der Waals surface area contributed by atoms with Gasteiger partial charge in [0.05, 0.1) is 0 Å². The largest absolute Gasteiger partial charge is 0.480 e. The van der Waals surface area contributed by atoms with Crippen LogP contribution in [-0.2, 0) is 9.53 Å². The Morgan fingerprint density at radius 1 is 1.06 bits per heavy atom. The van der Waals surface area contributed by atoms with E-state index < -0.39 is 24.0 Å². The van der Waals surface area contributed by atoms with Gasteiger partial charge in [-0.05, 0) is 41.5 Å². The number of aliphatic carboxylic acids is 1. The molecule has 0 saturated carbocycles. The molecule has 9 heteroatoms. The van der Waals surface area contributed by atoms with Crippen molar-refractivity contribution in [3.8, 4) is 11.1 Å². The van der Waals surface area contributed by atoms with Gasteiger partial charge in [0.15, 0.2) is 5.13 Å². The number of carboxylic acids is 1. The molecule has 1 unspecified atom stereocenters. The van der Waals surface area contributed by atoms with Crippen molar-refractivity contribution in [2.24, 2.45) is 0 Å². The highest BCUT2D eigenvalue weighted by Gasteiger charge is 2.33. The molecule has 8 nitrogen and oxygen atoms in total. The second-order valence-corrected chi connectivity index (χ2v) is 9.19. The quantitative estimate of drug-likeness (QED) is 0.557. The topological polar surface area (TPSA) is 109 Å². The van der Waals surface area contributed by atoms with Crippen LogP contribution in [0.2, 0.25) is 0 Å². The molecule has 0 bridgehead atoms. The molecule has 174 valence electrons. The van der Waals surface area contributed by atoms with Crippen LogP contribution in [0.1, 0.15) is 46.8 Å². The maximum Gasteiger partial charge on any atom is 0.413 e. The molecule has 2 aromatic carbocycles. The van der Waals surface area contributed by atoms with Crippen LogP contribution in [0, 0.1) is 0 Å². The van der Waals surface area contributed by atoms with Crippen molar-refractivity contribution in [3.05, 3.63) is 70.7 Å². The number of hydrogen-bond donors (Lipinski definition) is 2. The molecule has 2 amide bonds. The Labute approximate surface area is 200 Å². The lowest BCUT2D eigenvalue weighted by atomic mass is 9.98. The minimum absolute atomic E-state index is 0.0568. The molecule has 2 N–H and O–H groups in total. The summed E-state index contributed by atoms with van der Waals surface area (Å²) >= 11 is 1.10. The fourth-order valence-electron chi connectivity index (χ4n) is 4.73. The molecule has 1 saturated heterocycles. The SMILES string of the molecule is O=C(Nc1nc(C(=O)N2CCCCC2C(=O)O)cs1)OCC1c2ccccc2-c2ccccc21. The smallest absolute Gasteiger partial charge is 0.413 e. The fourth-order valence-corrected chi connectivity index (χ4v) is 5.40. The Morgan fingerprint density at radius 2 is 1.74 bits per heavy atom. The Bertz CT molecular complexity index is 1210. The van der Waals surface area contributed by atoms with E-state index in [-0.39, 0.29) is 23.4 Å². The van der Waals surface area contributed by atoms with Crippen molar-refractivity contribution in [2.75, 3.05) is 18.5 Å². The minimum Gasteiger partial charge on any atom is -0.480 e. The number of carbonyl (C=O) groups is 3. The van der Waals surface area contributed by atoms with Crippen molar-refractivity contribution in [1.29, 1.82) is 0 Å². The number of ether oxygens (including phenoxy) is 1. The Hall–Kier alpha value is -3.72. The predicted octanol–water partition coefficient (Wildman–Crippen LogP) is 4.58. The fraction of sp³-hybridized carbons (Fsp3) is 0.280. The normalized spacial score (nSPS) is 17.1. The summed E-state index contributed by atoms with van der Waals surface area (Å²) in [6.07, 6.45) is 1.30. The maximum absolute atomic E-state index is 12.8. The summed E-state index contributed by atoms with van der Waals surface area (Å²) in [5.41, 5.74) is 4.65. The second-order valence-electron chi connectivity index (χ2n) is 8.34. The average Bonchev–Trinajstić information content (AvgIpc) is 3.45. The monoisotopic (exact) mass is 477 g/mol. The lowest BCUT2D eigenvalue weighted by Gasteiger charge is -2.32. The first kappa shape index (κ1) is 22.1. The summed E-state index contributed by atoms with van der Waals surface area (Å²) in [5.74, 6) is -1.51. The van der Waals surface area contributed by atoms with Crippen molar-refractivity contribution >= 4 is 34.4 Å². The number of carbonyl (C=O) groups excluding carboxylic acids is 2. The molecule has 34 heavy (non-hydrogen) atoms. The van der Waals surface area contributed by atoms with Crippen LogP contribution < -0.4 is 5.32 Å². The van der Waals surface area contributed by atoms with E-state index in [0.29, 0.717) is 13.0 Å². The third kappa shape index (κ3) is 4.14. The van der Waals surface area contributed by atoms with Gasteiger partial charge in [-0.15, -0.1) is 11.3 Å². The number of benzene rings is 2. The molecule has 1 fully saturated rings. The van der Waals surface area contributed by atoms with Crippen LogP contribution in [-0.4, -0.2) is 52.2 Å². The third-order valence-electron chi connectivity index (χ3n) is 6.32.